The molecule has 150 valence electrons. The summed E-state index contributed by atoms with van der Waals surface area (Å²) in [6.45, 7) is 0. The van der Waals surface area contributed by atoms with Crippen molar-refractivity contribution in [1.82, 2.24) is 5.32 Å². The van der Waals surface area contributed by atoms with Crippen LogP contribution in [0.15, 0.2) is 84.6 Å². The second-order valence-electron chi connectivity index (χ2n) is 7.78. The van der Waals surface area contributed by atoms with E-state index in [9.17, 15) is 18.0 Å². The van der Waals surface area contributed by atoms with Gasteiger partial charge in [-0.1, -0.05) is 60.7 Å². The second-order valence-corrected chi connectivity index (χ2v) is 7.78. The fourth-order valence-electron chi connectivity index (χ4n) is 4.36. The molecule has 5 heteroatoms. The minimum absolute atomic E-state index is 0.324. The van der Waals surface area contributed by atoms with Crippen molar-refractivity contribution < 1.29 is 18.0 Å². The highest BCUT2D eigenvalue weighted by Crippen LogP contribution is 2.58. The van der Waals surface area contributed by atoms with Gasteiger partial charge in [0.1, 0.15) is 0 Å². The van der Waals surface area contributed by atoms with E-state index >= 15 is 0 Å². The van der Waals surface area contributed by atoms with Gasteiger partial charge >= 0.3 is 6.18 Å². The van der Waals surface area contributed by atoms with Crippen LogP contribution in [-0.2, 0) is 11.6 Å². The fraction of sp³-hybridized carbons (Fsp3) is 0.160. The Morgan fingerprint density at radius 1 is 0.833 bits per heavy atom. The van der Waals surface area contributed by atoms with Crippen molar-refractivity contribution in [3.05, 3.63) is 112 Å². The van der Waals surface area contributed by atoms with E-state index in [2.05, 4.69) is 5.32 Å². The highest BCUT2D eigenvalue weighted by atomic mass is 19.4. The molecule has 3 aromatic rings. The van der Waals surface area contributed by atoms with Crippen molar-refractivity contribution in [3.63, 3.8) is 0 Å². The molecule has 1 amide bonds. The number of carbonyl (C=O) groups is 1. The van der Waals surface area contributed by atoms with Crippen molar-refractivity contribution in [1.29, 1.82) is 0 Å². The lowest BCUT2D eigenvalue weighted by atomic mass is 9.79. The Balaban J connectivity index is 1.78. The van der Waals surface area contributed by atoms with Crippen LogP contribution in [0.4, 0.5) is 13.2 Å². The molecule has 1 N–H and O–H groups in total. The summed E-state index contributed by atoms with van der Waals surface area (Å²) in [6.07, 6.45) is -3.06. The smallest absolute Gasteiger partial charge is 0.324 e. The molecule has 3 aromatic carbocycles. The van der Waals surface area contributed by atoms with Gasteiger partial charge in [0.2, 0.25) is 0 Å². The quantitative estimate of drug-likeness (QED) is 0.562. The normalized spacial score (nSPS) is 16.8. The third-order valence-corrected chi connectivity index (χ3v) is 5.95. The van der Waals surface area contributed by atoms with E-state index in [1.807, 2.05) is 60.7 Å². The number of hydrogen-bond donors (Lipinski definition) is 1. The van der Waals surface area contributed by atoms with Crippen LogP contribution in [0.2, 0.25) is 0 Å². The van der Waals surface area contributed by atoms with E-state index in [4.69, 9.17) is 0 Å². The minimum Gasteiger partial charge on any atom is -0.324 e. The molecule has 2 aliphatic rings. The minimum atomic E-state index is -4.45. The summed E-state index contributed by atoms with van der Waals surface area (Å²) in [5.41, 5.74) is 2.85. The van der Waals surface area contributed by atoms with Crippen molar-refractivity contribution in [2.24, 2.45) is 0 Å². The lowest BCUT2D eigenvalue weighted by molar-refractivity contribution is -0.137. The molecule has 0 atom stereocenters. The number of fused-ring (bicyclic) bond motifs is 2. The summed E-state index contributed by atoms with van der Waals surface area (Å²) in [6, 6.07) is 22.8. The van der Waals surface area contributed by atoms with Crippen LogP contribution < -0.4 is 5.32 Å². The Morgan fingerprint density at radius 3 is 1.90 bits per heavy atom. The molecule has 5 rings (SSSR count). The summed E-state index contributed by atoms with van der Waals surface area (Å²) < 4.78 is 40.2. The Morgan fingerprint density at radius 2 is 1.40 bits per heavy atom. The first-order chi connectivity index (χ1) is 14.4. The van der Waals surface area contributed by atoms with Gasteiger partial charge in [0.25, 0.3) is 5.91 Å². The zero-order chi connectivity index (χ0) is 20.9. The number of amides is 1. The van der Waals surface area contributed by atoms with Gasteiger partial charge in [-0.15, -0.1) is 0 Å². The molecule has 1 saturated carbocycles. The molecule has 1 fully saturated rings. The lowest BCUT2D eigenvalue weighted by Gasteiger charge is -2.32. The van der Waals surface area contributed by atoms with Gasteiger partial charge < -0.3 is 5.32 Å². The van der Waals surface area contributed by atoms with Crippen molar-refractivity contribution in [3.8, 4) is 0 Å². The number of allylic oxidation sites excluding steroid dienone is 1. The van der Waals surface area contributed by atoms with Crippen LogP contribution in [0.5, 0.6) is 0 Å². The topological polar surface area (TPSA) is 29.1 Å². The largest absolute Gasteiger partial charge is 0.416 e. The van der Waals surface area contributed by atoms with E-state index in [0.29, 0.717) is 29.7 Å². The van der Waals surface area contributed by atoms with E-state index in [1.54, 1.807) is 0 Å². The number of halogens is 3. The fourth-order valence-corrected chi connectivity index (χ4v) is 4.36. The van der Waals surface area contributed by atoms with Gasteiger partial charge in [0, 0.05) is 22.2 Å². The lowest BCUT2D eigenvalue weighted by Crippen LogP contribution is -2.38. The number of benzene rings is 3. The summed E-state index contributed by atoms with van der Waals surface area (Å²) in [4.78, 5) is 12.9. The Bertz CT molecular complexity index is 1120. The number of nitrogens with one attached hydrogen (secondary N) is 1. The maximum atomic E-state index is 13.4. The van der Waals surface area contributed by atoms with Gasteiger partial charge in [-0.05, 0) is 47.7 Å². The second kappa shape index (κ2) is 6.59. The average Bonchev–Trinajstić information content (AvgIpc) is 3.54. The van der Waals surface area contributed by atoms with E-state index < -0.39 is 17.2 Å². The predicted octanol–water partition coefficient (Wildman–Crippen LogP) is 5.94. The van der Waals surface area contributed by atoms with Gasteiger partial charge in [-0.2, -0.15) is 13.2 Å². The third-order valence-electron chi connectivity index (χ3n) is 5.95. The van der Waals surface area contributed by atoms with Gasteiger partial charge in [0.15, 0.2) is 0 Å². The molecule has 0 aromatic heterocycles. The molecule has 1 aliphatic carbocycles. The highest BCUT2D eigenvalue weighted by Gasteiger charge is 2.54. The van der Waals surface area contributed by atoms with Crippen LogP contribution in [0.3, 0.4) is 0 Å². The standard InChI is InChI=1S/C25H18F3NO/c26-25(27,28)18-11-12-19-20(15-18)24(13-14-24)22(29-23(19)30)21(16-7-3-1-4-8-16)17-9-5-2-6-10-17/h1-12,15H,13-14H2,(H,29,30). The molecule has 0 saturated heterocycles. The molecule has 1 heterocycles. The highest BCUT2D eigenvalue weighted by molar-refractivity contribution is 6.02. The maximum Gasteiger partial charge on any atom is 0.416 e. The molecule has 0 unspecified atom stereocenters. The van der Waals surface area contributed by atoms with Crippen LogP contribution in [-0.4, -0.2) is 5.91 Å². The van der Waals surface area contributed by atoms with Crippen LogP contribution in [0.1, 0.15) is 45.5 Å². The average molecular weight is 405 g/mol. The summed E-state index contributed by atoms with van der Waals surface area (Å²) in [5, 5.41) is 3.04. The zero-order valence-electron chi connectivity index (χ0n) is 16.0. The molecular weight excluding hydrogens is 387 g/mol. The van der Waals surface area contributed by atoms with E-state index in [0.717, 1.165) is 28.8 Å². The number of rotatable bonds is 2. The number of alkyl halides is 3. The molecule has 1 aliphatic heterocycles. The first kappa shape index (κ1) is 18.7. The zero-order valence-corrected chi connectivity index (χ0v) is 16.0. The molecule has 1 spiro atoms. The summed E-state index contributed by atoms with van der Waals surface area (Å²) in [7, 11) is 0. The molecule has 0 radical (unpaired) electrons. The predicted molar refractivity (Wildman–Crippen MR) is 109 cm³/mol. The Kier molecular flexibility index (Phi) is 4.10. The first-order valence-electron chi connectivity index (χ1n) is 9.79. The maximum absolute atomic E-state index is 13.4. The number of carbonyl (C=O) groups excluding carboxylic acids is 1. The molecular formula is C25H18F3NO. The van der Waals surface area contributed by atoms with Gasteiger partial charge in [-0.3, -0.25) is 4.79 Å². The summed E-state index contributed by atoms with van der Waals surface area (Å²) >= 11 is 0. The van der Waals surface area contributed by atoms with E-state index in [-0.39, 0.29) is 5.91 Å². The monoisotopic (exact) mass is 405 g/mol. The molecule has 2 nitrogen and oxygen atoms in total. The van der Waals surface area contributed by atoms with Crippen molar-refractivity contribution in [2.45, 2.75) is 24.4 Å². The molecule has 0 bridgehead atoms. The van der Waals surface area contributed by atoms with Crippen LogP contribution in [0, 0.1) is 0 Å². The Labute approximate surface area is 172 Å². The SMILES string of the molecule is O=C1NC(=C(c2ccccc2)c2ccccc2)C2(CC2)c2cc(C(F)(F)F)ccc21. The van der Waals surface area contributed by atoms with Crippen LogP contribution in [0.25, 0.3) is 5.57 Å². The molecule has 30 heavy (non-hydrogen) atoms. The number of hydrogen-bond acceptors (Lipinski definition) is 1. The van der Waals surface area contributed by atoms with Crippen LogP contribution >= 0.6 is 0 Å². The summed E-state index contributed by atoms with van der Waals surface area (Å²) in [5.74, 6) is -0.365. The van der Waals surface area contributed by atoms with Crippen molar-refractivity contribution >= 4 is 11.5 Å². The van der Waals surface area contributed by atoms with Gasteiger partial charge in [0.05, 0.1) is 5.56 Å². The van der Waals surface area contributed by atoms with Gasteiger partial charge in [-0.25, -0.2) is 0 Å². The third kappa shape index (κ3) is 2.93. The first-order valence-corrected chi connectivity index (χ1v) is 9.79. The van der Waals surface area contributed by atoms with Crippen molar-refractivity contribution in [2.75, 3.05) is 0 Å². The Hall–Kier alpha value is -3.34. The van der Waals surface area contributed by atoms with E-state index in [1.165, 1.54) is 6.07 Å².